The maximum absolute atomic E-state index is 11.5. The van der Waals surface area contributed by atoms with Gasteiger partial charge in [0.05, 0.1) is 0 Å². The number of anilines is 1. The van der Waals surface area contributed by atoms with E-state index in [0.717, 1.165) is 18.8 Å². The lowest BCUT2D eigenvalue weighted by molar-refractivity contribution is 0.196. The monoisotopic (exact) mass is 239 g/mol. The smallest absolute Gasteiger partial charge is 0.252 e. The predicted octanol–water partition coefficient (Wildman–Crippen LogP) is 1.37. The number of methoxy groups -OCH3 is 1. The second-order valence-corrected chi connectivity index (χ2v) is 4.41. The van der Waals surface area contributed by atoms with Gasteiger partial charge in [-0.15, -0.1) is 0 Å². The van der Waals surface area contributed by atoms with Crippen LogP contribution in [0.2, 0.25) is 0 Å². The molecule has 0 bridgehead atoms. The second-order valence-electron chi connectivity index (χ2n) is 4.41. The van der Waals surface area contributed by atoms with Crippen molar-refractivity contribution in [3.8, 4) is 0 Å². The van der Waals surface area contributed by atoms with Gasteiger partial charge in [0.15, 0.2) is 0 Å². The van der Waals surface area contributed by atoms with Crippen molar-refractivity contribution in [2.45, 2.75) is 26.2 Å². The molecule has 0 radical (unpaired) electrons. The molecule has 1 aromatic rings. The summed E-state index contributed by atoms with van der Waals surface area (Å²) in [5, 5.41) is 0. The van der Waals surface area contributed by atoms with Crippen LogP contribution in [0.15, 0.2) is 10.9 Å². The molecule has 0 saturated heterocycles. The van der Waals surface area contributed by atoms with E-state index in [-0.39, 0.29) is 11.5 Å². The molecular weight excluding hydrogens is 218 g/mol. The fourth-order valence-corrected chi connectivity index (χ4v) is 1.49. The van der Waals surface area contributed by atoms with E-state index in [1.165, 1.54) is 6.07 Å². The highest BCUT2D eigenvalue weighted by Gasteiger charge is 2.08. The minimum Gasteiger partial charge on any atom is -0.385 e. The third-order valence-electron chi connectivity index (χ3n) is 2.53. The number of hydrogen-bond donors (Lipinski definition) is 1. The summed E-state index contributed by atoms with van der Waals surface area (Å²) in [6.45, 7) is 5.55. The first-order valence-electron chi connectivity index (χ1n) is 5.86. The Labute approximate surface area is 102 Å². The van der Waals surface area contributed by atoms with Gasteiger partial charge in [0.1, 0.15) is 11.6 Å². The molecule has 1 rings (SSSR count). The number of aromatic amines is 1. The van der Waals surface area contributed by atoms with Crippen molar-refractivity contribution in [3.05, 3.63) is 22.2 Å². The van der Waals surface area contributed by atoms with Gasteiger partial charge in [-0.3, -0.25) is 4.79 Å². The summed E-state index contributed by atoms with van der Waals surface area (Å²) in [7, 11) is 3.61. The van der Waals surface area contributed by atoms with Crippen LogP contribution in [0, 0.1) is 0 Å². The molecule has 0 spiro atoms. The fourth-order valence-electron chi connectivity index (χ4n) is 1.49. The van der Waals surface area contributed by atoms with Crippen LogP contribution in [0.4, 0.5) is 5.82 Å². The van der Waals surface area contributed by atoms with E-state index in [4.69, 9.17) is 4.74 Å². The number of nitrogens with zero attached hydrogens (tertiary/aromatic N) is 2. The van der Waals surface area contributed by atoms with E-state index in [1.807, 2.05) is 25.8 Å². The van der Waals surface area contributed by atoms with Crippen molar-refractivity contribution >= 4 is 5.82 Å². The minimum absolute atomic E-state index is 0.0997. The van der Waals surface area contributed by atoms with Crippen LogP contribution in [-0.4, -0.2) is 37.3 Å². The highest BCUT2D eigenvalue weighted by Crippen LogP contribution is 2.11. The average molecular weight is 239 g/mol. The Morgan fingerprint density at radius 1 is 1.53 bits per heavy atom. The Kier molecular flexibility index (Phi) is 5.15. The molecule has 0 atom stereocenters. The Bertz CT molecular complexity index is 401. The molecule has 0 fully saturated rings. The van der Waals surface area contributed by atoms with E-state index < -0.39 is 0 Å². The Morgan fingerprint density at radius 3 is 2.82 bits per heavy atom. The first-order chi connectivity index (χ1) is 8.04. The summed E-state index contributed by atoms with van der Waals surface area (Å²) < 4.78 is 5.00. The van der Waals surface area contributed by atoms with E-state index in [0.29, 0.717) is 12.4 Å². The average Bonchev–Trinajstić information content (AvgIpc) is 2.28. The zero-order valence-electron chi connectivity index (χ0n) is 11.0. The molecule has 1 N–H and O–H groups in total. The lowest BCUT2D eigenvalue weighted by Gasteiger charge is -2.18. The molecular formula is C12H21N3O2. The topological polar surface area (TPSA) is 58.2 Å². The first-order valence-corrected chi connectivity index (χ1v) is 5.86. The maximum atomic E-state index is 11.5. The summed E-state index contributed by atoms with van der Waals surface area (Å²) >= 11 is 0. The first kappa shape index (κ1) is 13.7. The summed E-state index contributed by atoms with van der Waals surface area (Å²) in [5.41, 5.74) is -0.0997. The molecule has 1 heterocycles. The largest absolute Gasteiger partial charge is 0.385 e. The number of H-pyrrole nitrogens is 1. The lowest BCUT2D eigenvalue weighted by Crippen LogP contribution is -2.24. The minimum atomic E-state index is -0.0997. The molecule has 17 heavy (non-hydrogen) atoms. The zero-order chi connectivity index (χ0) is 12.8. The van der Waals surface area contributed by atoms with Crippen molar-refractivity contribution < 1.29 is 4.74 Å². The van der Waals surface area contributed by atoms with Crippen molar-refractivity contribution in [2.24, 2.45) is 0 Å². The molecule has 5 heteroatoms. The van der Waals surface area contributed by atoms with Gasteiger partial charge in [-0.1, -0.05) is 13.8 Å². The number of ether oxygens (including phenoxy) is 1. The van der Waals surface area contributed by atoms with Crippen molar-refractivity contribution in [3.63, 3.8) is 0 Å². The molecule has 5 nitrogen and oxygen atoms in total. The SMILES string of the molecule is COCCCN(C)c1cc(=O)[nH]c(C(C)C)n1. The number of rotatable bonds is 6. The molecule has 0 unspecified atom stereocenters. The Hall–Kier alpha value is -1.36. The van der Waals surface area contributed by atoms with Crippen LogP contribution < -0.4 is 10.5 Å². The molecule has 0 saturated carbocycles. The van der Waals surface area contributed by atoms with E-state index in [1.54, 1.807) is 7.11 Å². The van der Waals surface area contributed by atoms with Crippen LogP contribution >= 0.6 is 0 Å². The molecule has 0 aliphatic heterocycles. The Morgan fingerprint density at radius 2 is 2.24 bits per heavy atom. The van der Waals surface area contributed by atoms with Gasteiger partial charge in [0, 0.05) is 39.3 Å². The maximum Gasteiger partial charge on any atom is 0.252 e. The summed E-state index contributed by atoms with van der Waals surface area (Å²) in [4.78, 5) is 20.7. The van der Waals surface area contributed by atoms with E-state index >= 15 is 0 Å². The van der Waals surface area contributed by atoms with Gasteiger partial charge in [0.25, 0.3) is 5.56 Å². The lowest BCUT2D eigenvalue weighted by atomic mass is 10.2. The summed E-state index contributed by atoms with van der Waals surface area (Å²) in [6, 6.07) is 1.53. The molecule has 0 aromatic carbocycles. The normalized spacial score (nSPS) is 10.9. The predicted molar refractivity (Wildman–Crippen MR) is 68.7 cm³/mol. The molecule has 0 amide bonds. The van der Waals surface area contributed by atoms with Crippen LogP contribution in [0.25, 0.3) is 0 Å². The number of aromatic nitrogens is 2. The van der Waals surface area contributed by atoms with E-state index in [9.17, 15) is 4.79 Å². The third-order valence-corrected chi connectivity index (χ3v) is 2.53. The van der Waals surface area contributed by atoms with Gasteiger partial charge in [-0.25, -0.2) is 4.98 Å². The highest BCUT2D eigenvalue weighted by molar-refractivity contribution is 5.36. The van der Waals surface area contributed by atoms with Gasteiger partial charge in [-0.05, 0) is 6.42 Å². The van der Waals surface area contributed by atoms with Gasteiger partial charge < -0.3 is 14.6 Å². The number of nitrogens with one attached hydrogen (secondary N) is 1. The van der Waals surface area contributed by atoms with Crippen LogP contribution in [0.3, 0.4) is 0 Å². The van der Waals surface area contributed by atoms with E-state index in [2.05, 4.69) is 9.97 Å². The molecule has 0 aliphatic carbocycles. The zero-order valence-corrected chi connectivity index (χ0v) is 11.0. The van der Waals surface area contributed by atoms with Crippen molar-refractivity contribution in [1.82, 2.24) is 9.97 Å². The van der Waals surface area contributed by atoms with Crippen LogP contribution in [0.1, 0.15) is 32.0 Å². The van der Waals surface area contributed by atoms with Crippen molar-refractivity contribution in [2.75, 3.05) is 32.2 Å². The summed E-state index contributed by atoms with van der Waals surface area (Å²) in [6.07, 6.45) is 0.915. The van der Waals surface area contributed by atoms with Crippen LogP contribution in [0.5, 0.6) is 0 Å². The highest BCUT2D eigenvalue weighted by atomic mass is 16.5. The fraction of sp³-hybridized carbons (Fsp3) is 0.667. The standard InChI is InChI=1S/C12H21N3O2/c1-9(2)12-13-10(8-11(16)14-12)15(3)6-5-7-17-4/h8-9H,5-7H2,1-4H3,(H,13,14,16). The van der Waals surface area contributed by atoms with Gasteiger partial charge >= 0.3 is 0 Å². The number of hydrogen-bond acceptors (Lipinski definition) is 4. The molecule has 1 aromatic heterocycles. The van der Waals surface area contributed by atoms with Gasteiger partial charge in [-0.2, -0.15) is 0 Å². The molecule has 0 aliphatic rings. The quantitative estimate of drug-likeness (QED) is 0.762. The third kappa shape index (κ3) is 4.19. The second kappa shape index (κ2) is 6.39. The van der Waals surface area contributed by atoms with Crippen molar-refractivity contribution in [1.29, 1.82) is 0 Å². The Balaban J connectivity index is 2.79. The van der Waals surface area contributed by atoms with Crippen LogP contribution in [-0.2, 0) is 4.74 Å². The molecule has 96 valence electrons. The summed E-state index contributed by atoms with van der Waals surface area (Å²) in [5.74, 6) is 1.66. The van der Waals surface area contributed by atoms with Gasteiger partial charge in [0.2, 0.25) is 0 Å².